The smallest absolute Gasteiger partial charge is 0.242 e. The first-order valence-electron chi connectivity index (χ1n) is 11.5. The summed E-state index contributed by atoms with van der Waals surface area (Å²) >= 11 is 7.53. The Balaban J connectivity index is 1.43. The van der Waals surface area contributed by atoms with Gasteiger partial charge in [0.15, 0.2) is 5.17 Å². The molecule has 34 heavy (non-hydrogen) atoms. The fourth-order valence-electron chi connectivity index (χ4n) is 3.93. The van der Waals surface area contributed by atoms with Crippen molar-refractivity contribution in [2.45, 2.75) is 25.0 Å². The quantitative estimate of drug-likeness (QED) is 0.584. The number of para-hydroxylation sites is 1. The third kappa shape index (κ3) is 6.39. The van der Waals surface area contributed by atoms with E-state index in [4.69, 9.17) is 21.3 Å². The van der Waals surface area contributed by atoms with Crippen molar-refractivity contribution in [2.75, 3.05) is 44.7 Å². The molecule has 2 saturated heterocycles. The highest BCUT2D eigenvalue weighted by Gasteiger charge is 2.39. The van der Waals surface area contributed by atoms with E-state index in [0.717, 1.165) is 50.5 Å². The summed E-state index contributed by atoms with van der Waals surface area (Å²) in [5.74, 6) is -0.287. The summed E-state index contributed by atoms with van der Waals surface area (Å²) < 4.78 is 5.41. The van der Waals surface area contributed by atoms with E-state index in [0.29, 0.717) is 22.4 Å². The molecule has 2 fully saturated rings. The topological polar surface area (TPSA) is 74.2 Å². The van der Waals surface area contributed by atoms with Crippen LogP contribution < -0.4 is 5.32 Å². The maximum atomic E-state index is 13.3. The van der Waals surface area contributed by atoms with Gasteiger partial charge in [-0.2, -0.15) is 0 Å². The highest BCUT2D eigenvalue weighted by atomic mass is 35.5. The van der Waals surface area contributed by atoms with Crippen LogP contribution in [0.25, 0.3) is 0 Å². The largest absolute Gasteiger partial charge is 0.379 e. The van der Waals surface area contributed by atoms with Gasteiger partial charge in [0, 0.05) is 43.3 Å². The molecule has 4 rings (SSSR count). The van der Waals surface area contributed by atoms with E-state index >= 15 is 0 Å². The number of morpholine rings is 1. The van der Waals surface area contributed by atoms with E-state index in [2.05, 4.69) is 10.2 Å². The first-order chi connectivity index (χ1) is 16.5. The number of carbonyl (C=O) groups is 2. The zero-order chi connectivity index (χ0) is 23.9. The molecule has 0 aromatic heterocycles. The molecule has 7 nitrogen and oxygen atoms in total. The molecule has 180 valence electrons. The number of nitrogens with one attached hydrogen (secondary N) is 1. The minimum absolute atomic E-state index is 0.0698. The number of ether oxygens (including phenoxy) is 1. The molecule has 0 spiro atoms. The van der Waals surface area contributed by atoms with Gasteiger partial charge >= 0.3 is 0 Å². The van der Waals surface area contributed by atoms with E-state index in [-0.39, 0.29) is 18.2 Å². The van der Waals surface area contributed by atoms with Crippen LogP contribution in [-0.4, -0.2) is 71.4 Å². The maximum absolute atomic E-state index is 13.3. The van der Waals surface area contributed by atoms with Gasteiger partial charge in [0.25, 0.3) is 0 Å². The minimum Gasteiger partial charge on any atom is -0.379 e. The molecule has 1 atom stereocenters. The number of carbonyl (C=O) groups excluding carboxylic acids is 2. The second kappa shape index (κ2) is 11.8. The molecule has 2 heterocycles. The summed E-state index contributed by atoms with van der Waals surface area (Å²) in [6.45, 7) is 6.66. The average molecular weight is 501 g/mol. The molecule has 0 bridgehead atoms. The summed E-state index contributed by atoms with van der Waals surface area (Å²) in [5, 5.41) is 3.63. The highest BCUT2D eigenvalue weighted by Crippen LogP contribution is 2.32. The molecule has 0 aliphatic carbocycles. The van der Waals surface area contributed by atoms with Crippen molar-refractivity contribution in [3.05, 3.63) is 59.1 Å². The summed E-state index contributed by atoms with van der Waals surface area (Å²) in [7, 11) is 0. The first kappa shape index (κ1) is 24.7. The van der Waals surface area contributed by atoms with Gasteiger partial charge in [-0.25, -0.2) is 4.99 Å². The molecule has 2 amide bonds. The van der Waals surface area contributed by atoms with Gasteiger partial charge in [0.2, 0.25) is 11.8 Å². The lowest BCUT2D eigenvalue weighted by Gasteiger charge is -2.27. The molecule has 0 saturated carbocycles. The summed E-state index contributed by atoms with van der Waals surface area (Å²) in [6, 6.07) is 15.0. The highest BCUT2D eigenvalue weighted by molar-refractivity contribution is 8.15. The lowest BCUT2D eigenvalue weighted by atomic mass is 10.2. The van der Waals surface area contributed by atoms with Crippen LogP contribution in [0.2, 0.25) is 5.02 Å². The molecule has 1 N–H and O–H groups in total. The van der Waals surface area contributed by atoms with Crippen LogP contribution in [0.15, 0.2) is 53.5 Å². The van der Waals surface area contributed by atoms with Crippen molar-refractivity contribution in [1.29, 1.82) is 0 Å². The third-order valence-electron chi connectivity index (χ3n) is 5.87. The second-order valence-corrected chi connectivity index (χ2v) is 9.88. The fourth-order valence-corrected chi connectivity index (χ4v) is 5.29. The lowest BCUT2D eigenvalue weighted by Crippen LogP contribution is -2.39. The van der Waals surface area contributed by atoms with E-state index < -0.39 is 5.25 Å². The standard InChI is InChI=1S/C25H29ClN4O3S/c1-18-20(26)9-5-10-21(18)28-23(31)17-22-24(32)30(12-6-11-29-13-15-33-16-14-29)25(34-22)27-19-7-3-2-4-8-19/h2-5,7-10,22H,6,11-17H2,1H3,(H,28,31)/t22-/m1/s1. The fraction of sp³-hybridized carbons (Fsp3) is 0.400. The molecule has 2 aromatic rings. The van der Waals surface area contributed by atoms with Crippen molar-refractivity contribution in [1.82, 2.24) is 9.80 Å². The number of hydrogen-bond acceptors (Lipinski definition) is 6. The van der Waals surface area contributed by atoms with Gasteiger partial charge in [0.1, 0.15) is 5.25 Å². The second-order valence-electron chi connectivity index (χ2n) is 8.30. The van der Waals surface area contributed by atoms with Crippen LogP contribution in [0.3, 0.4) is 0 Å². The number of amides is 2. The zero-order valence-corrected chi connectivity index (χ0v) is 20.8. The predicted octanol–water partition coefficient (Wildman–Crippen LogP) is 4.33. The Hall–Kier alpha value is -2.39. The SMILES string of the molecule is Cc1c(Cl)cccc1NC(=O)C[C@H]1SC(=Nc2ccccc2)N(CCCN2CCOCC2)C1=O. The van der Waals surface area contributed by atoms with Crippen molar-refractivity contribution in [2.24, 2.45) is 4.99 Å². The summed E-state index contributed by atoms with van der Waals surface area (Å²) in [6.07, 6.45) is 0.907. The number of anilines is 1. The van der Waals surface area contributed by atoms with Crippen molar-refractivity contribution >= 4 is 51.7 Å². The Morgan fingerprint density at radius 2 is 1.91 bits per heavy atom. The Labute approximate surface area is 209 Å². The molecule has 2 aliphatic heterocycles. The molecule has 0 radical (unpaired) electrons. The first-order valence-corrected chi connectivity index (χ1v) is 12.7. The Kier molecular flexibility index (Phi) is 8.61. The van der Waals surface area contributed by atoms with Gasteiger partial charge < -0.3 is 10.1 Å². The maximum Gasteiger partial charge on any atom is 0.242 e. The molecule has 2 aliphatic rings. The Morgan fingerprint density at radius 3 is 2.68 bits per heavy atom. The molecular weight excluding hydrogens is 472 g/mol. The number of halogens is 1. The number of thioether (sulfide) groups is 1. The van der Waals surface area contributed by atoms with Gasteiger partial charge in [-0.15, -0.1) is 0 Å². The monoisotopic (exact) mass is 500 g/mol. The molecule has 2 aromatic carbocycles. The number of aliphatic imine (C=N–C) groups is 1. The van der Waals surface area contributed by atoms with Crippen LogP contribution >= 0.6 is 23.4 Å². The van der Waals surface area contributed by atoms with Crippen molar-refractivity contribution < 1.29 is 14.3 Å². The predicted molar refractivity (Wildman–Crippen MR) is 138 cm³/mol. The van der Waals surface area contributed by atoms with Gasteiger partial charge in [0.05, 0.1) is 18.9 Å². The number of rotatable bonds is 8. The number of amidine groups is 1. The number of benzene rings is 2. The van der Waals surface area contributed by atoms with Crippen molar-refractivity contribution in [3.8, 4) is 0 Å². The zero-order valence-electron chi connectivity index (χ0n) is 19.2. The van der Waals surface area contributed by atoms with Crippen LogP contribution in [0.4, 0.5) is 11.4 Å². The van der Waals surface area contributed by atoms with Gasteiger partial charge in [-0.1, -0.05) is 47.6 Å². The van der Waals surface area contributed by atoms with Crippen molar-refractivity contribution in [3.63, 3.8) is 0 Å². The number of hydrogen-bond donors (Lipinski definition) is 1. The number of nitrogens with zero attached hydrogens (tertiary/aromatic N) is 3. The van der Waals surface area contributed by atoms with Crippen LogP contribution in [0.1, 0.15) is 18.4 Å². The normalized spacial score (nSPS) is 20.2. The Bertz CT molecular complexity index is 1040. The van der Waals surface area contributed by atoms with Gasteiger partial charge in [-0.05, 0) is 43.2 Å². The summed E-state index contributed by atoms with van der Waals surface area (Å²) in [4.78, 5) is 34.9. The Morgan fingerprint density at radius 1 is 1.15 bits per heavy atom. The summed E-state index contributed by atoms with van der Waals surface area (Å²) in [5.41, 5.74) is 2.25. The van der Waals surface area contributed by atoms with E-state index in [1.165, 1.54) is 11.8 Å². The average Bonchev–Trinajstić information content (AvgIpc) is 3.12. The van der Waals surface area contributed by atoms with E-state index in [9.17, 15) is 9.59 Å². The van der Waals surface area contributed by atoms with Gasteiger partial charge in [-0.3, -0.25) is 19.4 Å². The van der Waals surface area contributed by atoms with E-state index in [1.54, 1.807) is 17.0 Å². The van der Waals surface area contributed by atoms with E-state index in [1.807, 2.05) is 43.3 Å². The minimum atomic E-state index is -0.509. The van der Waals surface area contributed by atoms with Crippen LogP contribution in [0.5, 0.6) is 0 Å². The molecule has 9 heteroatoms. The van der Waals surface area contributed by atoms with Crippen LogP contribution in [-0.2, 0) is 14.3 Å². The molecular formula is C25H29ClN4O3S. The third-order valence-corrected chi connectivity index (χ3v) is 7.46. The molecule has 0 unspecified atom stereocenters. The van der Waals surface area contributed by atoms with Crippen LogP contribution in [0, 0.1) is 6.92 Å². The lowest BCUT2D eigenvalue weighted by molar-refractivity contribution is -0.128.